The molecular formula is C14H16ClFN2O2. The number of nitrogens with zero attached hydrogens (tertiary/aromatic N) is 2. The van der Waals surface area contributed by atoms with Crippen LogP contribution in [0.4, 0.5) is 4.39 Å². The predicted molar refractivity (Wildman–Crippen MR) is 74.3 cm³/mol. The summed E-state index contributed by atoms with van der Waals surface area (Å²) in [6.07, 6.45) is 0. The predicted octanol–water partition coefficient (Wildman–Crippen LogP) is 3.08. The van der Waals surface area contributed by atoms with Gasteiger partial charge in [0.15, 0.2) is 11.6 Å². The molecule has 1 aromatic carbocycles. The normalized spacial score (nSPS) is 10.8. The SMILES string of the molecule is CCn1nc(C)c(Cl)c1COc1c(F)cccc1CO. The molecule has 4 nitrogen and oxygen atoms in total. The Balaban J connectivity index is 2.25. The van der Waals surface area contributed by atoms with Gasteiger partial charge in [0.05, 0.1) is 23.0 Å². The van der Waals surface area contributed by atoms with Crippen molar-refractivity contribution >= 4 is 11.6 Å². The van der Waals surface area contributed by atoms with Gasteiger partial charge in [-0.15, -0.1) is 0 Å². The second-order valence-electron chi connectivity index (χ2n) is 4.34. The third-order valence-corrected chi connectivity index (χ3v) is 3.52. The second-order valence-corrected chi connectivity index (χ2v) is 4.71. The zero-order valence-electron chi connectivity index (χ0n) is 11.4. The van der Waals surface area contributed by atoms with Crippen molar-refractivity contribution in [3.63, 3.8) is 0 Å². The molecular weight excluding hydrogens is 283 g/mol. The monoisotopic (exact) mass is 298 g/mol. The minimum atomic E-state index is -0.507. The largest absolute Gasteiger partial charge is 0.484 e. The van der Waals surface area contributed by atoms with Gasteiger partial charge in [-0.2, -0.15) is 5.10 Å². The Morgan fingerprint density at radius 3 is 2.85 bits per heavy atom. The average Bonchev–Trinajstić information content (AvgIpc) is 2.72. The fourth-order valence-electron chi connectivity index (χ4n) is 1.99. The van der Waals surface area contributed by atoms with Gasteiger partial charge in [-0.05, 0) is 19.9 Å². The molecule has 0 fully saturated rings. The molecule has 1 N–H and O–H groups in total. The van der Waals surface area contributed by atoms with Crippen LogP contribution in [0.5, 0.6) is 5.75 Å². The highest BCUT2D eigenvalue weighted by atomic mass is 35.5. The van der Waals surface area contributed by atoms with E-state index in [2.05, 4.69) is 5.10 Å². The Morgan fingerprint density at radius 1 is 1.45 bits per heavy atom. The first-order chi connectivity index (χ1) is 9.58. The van der Waals surface area contributed by atoms with Gasteiger partial charge in [0, 0.05) is 12.1 Å². The Hall–Kier alpha value is -1.59. The molecule has 0 spiro atoms. The van der Waals surface area contributed by atoms with Crippen molar-refractivity contribution in [2.45, 2.75) is 33.6 Å². The third kappa shape index (κ3) is 2.78. The molecule has 0 radical (unpaired) electrons. The number of rotatable bonds is 5. The van der Waals surface area contributed by atoms with Gasteiger partial charge in [0.25, 0.3) is 0 Å². The lowest BCUT2D eigenvalue weighted by Gasteiger charge is -2.12. The number of aryl methyl sites for hydroxylation is 2. The number of para-hydroxylation sites is 1. The molecule has 0 saturated heterocycles. The van der Waals surface area contributed by atoms with Crippen LogP contribution in [0.2, 0.25) is 5.02 Å². The Bertz CT molecular complexity index is 613. The maximum absolute atomic E-state index is 13.7. The minimum Gasteiger partial charge on any atom is -0.484 e. The van der Waals surface area contributed by atoms with Crippen LogP contribution in [0.1, 0.15) is 23.9 Å². The van der Waals surface area contributed by atoms with Crippen molar-refractivity contribution < 1.29 is 14.2 Å². The molecule has 0 atom stereocenters. The fraction of sp³-hybridized carbons (Fsp3) is 0.357. The smallest absolute Gasteiger partial charge is 0.165 e. The Morgan fingerprint density at radius 2 is 2.20 bits per heavy atom. The standard InChI is InChI=1S/C14H16ClFN2O2/c1-3-18-12(13(15)9(2)17-18)8-20-14-10(7-19)5-4-6-11(14)16/h4-6,19H,3,7-8H2,1-2H3. The van der Waals surface area contributed by atoms with Gasteiger partial charge in [-0.25, -0.2) is 4.39 Å². The molecule has 0 saturated carbocycles. The topological polar surface area (TPSA) is 47.3 Å². The van der Waals surface area contributed by atoms with Crippen molar-refractivity contribution in [2.75, 3.05) is 0 Å². The molecule has 6 heteroatoms. The van der Waals surface area contributed by atoms with Gasteiger partial charge in [0.1, 0.15) is 6.61 Å². The van der Waals surface area contributed by atoms with Crippen molar-refractivity contribution in [3.8, 4) is 5.75 Å². The van der Waals surface area contributed by atoms with Gasteiger partial charge in [0.2, 0.25) is 0 Å². The number of aliphatic hydroxyl groups excluding tert-OH is 1. The Labute approximate surface area is 121 Å². The van der Waals surface area contributed by atoms with Crippen LogP contribution in [0.15, 0.2) is 18.2 Å². The number of ether oxygens (including phenoxy) is 1. The van der Waals surface area contributed by atoms with E-state index in [1.54, 1.807) is 17.7 Å². The minimum absolute atomic E-state index is 0.0487. The highest BCUT2D eigenvalue weighted by Gasteiger charge is 2.15. The molecule has 1 heterocycles. The van der Waals surface area contributed by atoms with Crippen molar-refractivity contribution in [1.82, 2.24) is 9.78 Å². The number of aliphatic hydroxyl groups is 1. The summed E-state index contributed by atoms with van der Waals surface area (Å²) >= 11 is 6.17. The van der Waals surface area contributed by atoms with E-state index in [9.17, 15) is 9.50 Å². The lowest BCUT2D eigenvalue weighted by molar-refractivity contribution is 0.246. The van der Waals surface area contributed by atoms with Crippen molar-refractivity contribution in [3.05, 3.63) is 46.0 Å². The molecule has 0 amide bonds. The summed E-state index contributed by atoms with van der Waals surface area (Å²) in [6, 6.07) is 4.43. The summed E-state index contributed by atoms with van der Waals surface area (Å²) < 4.78 is 21.0. The molecule has 1 aromatic heterocycles. The van der Waals surface area contributed by atoms with Gasteiger partial charge < -0.3 is 9.84 Å². The summed E-state index contributed by atoms with van der Waals surface area (Å²) in [4.78, 5) is 0. The van der Waals surface area contributed by atoms with Crippen LogP contribution in [-0.4, -0.2) is 14.9 Å². The zero-order chi connectivity index (χ0) is 14.7. The van der Waals surface area contributed by atoms with Crippen molar-refractivity contribution in [1.29, 1.82) is 0 Å². The molecule has 2 rings (SSSR count). The van der Waals surface area contributed by atoms with Crippen LogP contribution < -0.4 is 4.74 Å². The summed E-state index contributed by atoms with van der Waals surface area (Å²) in [5.74, 6) is -0.459. The van der Waals surface area contributed by atoms with Gasteiger partial charge in [-0.3, -0.25) is 4.68 Å². The highest BCUT2D eigenvalue weighted by molar-refractivity contribution is 6.31. The molecule has 108 valence electrons. The summed E-state index contributed by atoms with van der Waals surface area (Å²) in [5, 5.41) is 14.0. The molecule has 0 unspecified atom stereocenters. The summed E-state index contributed by atoms with van der Waals surface area (Å²) in [6.45, 7) is 4.21. The quantitative estimate of drug-likeness (QED) is 0.923. The summed E-state index contributed by atoms with van der Waals surface area (Å²) in [5.41, 5.74) is 1.81. The van der Waals surface area contributed by atoms with Crippen LogP contribution >= 0.6 is 11.6 Å². The Kier molecular flexibility index (Phi) is 4.62. The van der Waals surface area contributed by atoms with E-state index in [4.69, 9.17) is 16.3 Å². The van der Waals surface area contributed by atoms with E-state index in [0.717, 1.165) is 0 Å². The maximum Gasteiger partial charge on any atom is 0.165 e. The van der Waals surface area contributed by atoms with Crippen LogP contribution in [-0.2, 0) is 19.8 Å². The summed E-state index contributed by atoms with van der Waals surface area (Å²) in [7, 11) is 0. The molecule has 0 aliphatic rings. The molecule has 0 bridgehead atoms. The van der Waals surface area contributed by atoms with E-state index in [0.29, 0.717) is 28.5 Å². The van der Waals surface area contributed by atoms with E-state index in [-0.39, 0.29) is 19.0 Å². The highest BCUT2D eigenvalue weighted by Crippen LogP contribution is 2.26. The maximum atomic E-state index is 13.7. The van der Waals surface area contributed by atoms with Crippen LogP contribution in [0.3, 0.4) is 0 Å². The van der Waals surface area contributed by atoms with Gasteiger partial charge in [-0.1, -0.05) is 23.7 Å². The van der Waals surface area contributed by atoms with E-state index in [1.807, 2.05) is 6.92 Å². The lowest BCUT2D eigenvalue weighted by atomic mass is 10.2. The van der Waals surface area contributed by atoms with Crippen LogP contribution in [0.25, 0.3) is 0 Å². The molecule has 20 heavy (non-hydrogen) atoms. The molecule has 0 aliphatic heterocycles. The number of aromatic nitrogens is 2. The number of halogens is 2. The van der Waals surface area contributed by atoms with Gasteiger partial charge >= 0.3 is 0 Å². The van der Waals surface area contributed by atoms with E-state index in [1.165, 1.54) is 12.1 Å². The zero-order valence-corrected chi connectivity index (χ0v) is 12.1. The number of benzene rings is 1. The average molecular weight is 299 g/mol. The first-order valence-electron chi connectivity index (χ1n) is 6.31. The number of hydrogen-bond acceptors (Lipinski definition) is 3. The number of hydrogen-bond donors (Lipinski definition) is 1. The molecule has 0 aliphatic carbocycles. The van der Waals surface area contributed by atoms with E-state index >= 15 is 0 Å². The lowest BCUT2D eigenvalue weighted by Crippen LogP contribution is -2.08. The first kappa shape index (κ1) is 14.8. The fourth-order valence-corrected chi connectivity index (χ4v) is 2.18. The second kappa shape index (κ2) is 6.24. The van der Waals surface area contributed by atoms with E-state index < -0.39 is 5.82 Å². The van der Waals surface area contributed by atoms with Crippen LogP contribution in [0, 0.1) is 12.7 Å². The van der Waals surface area contributed by atoms with Crippen molar-refractivity contribution in [2.24, 2.45) is 0 Å². The third-order valence-electron chi connectivity index (χ3n) is 3.02. The first-order valence-corrected chi connectivity index (χ1v) is 6.69. The molecule has 2 aromatic rings.